The van der Waals surface area contributed by atoms with Crippen LogP contribution < -0.4 is 5.32 Å². The largest absolute Gasteiger partial charge is 0.356 e. The van der Waals surface area contributed by atoms with Crippen LogP contribution in [0.25, 0.3) is 0 Å². The molecule has 0 bridgehead atoms. The average molecular weight is 398 g/mol. The van der Waals surface area contributed by atoms with E-state index < -0.39 is 0 Å². The van der Waals surface area contributed by atoms with Gasteiger partial charge >= 0.3 is 0 Å². The second-order valence-corrected chi connectivity index (χ2v) is 9.45. The molecule has 140 valence electrons. The van der Waals surface area contributed by atoms with Crippen LogP contribution in [-0.2, 0) is 12.0 Å². The minimum absolute atomic E-state index is 0.0893. The Bertz CT molecular complexity index is 884. The van der Waals surface area contributed by atoms with Gasteiger partial charge in [0, 0.05) is 12.1 Å². The Morgan fingerprint density at radius 1 is 1.04 bits per heavy atom. The van der Waals surface area contributed by atoms with Gasteiger partial charge in [-0.3, -0.25) is 4.79 Å². The van der Waals surface area contributed by atoms with Crippen LogP contribution in [0.2, 0.25) is 0 Å². The molecule has 1 aromatic heterocycles. The summed E-state index contributed by atoms with van der Waals surface area (Å²) in [6, 6.07) is 18.0. The van der Waals surface area contributed by atoms with Crippen LogP contribution in [0.15, 0.2) is 58.9 Å². The number of Topliss-reactive ketones (excluding diaryl/α,β-unsaturated/α-hetero) is 1. The molecule has 0 unspecified atom stereocenters. The Hall–Kier alpha value is -2.18. The van der Waals surface area contributed by atoms with Crippen LogP contribution in [0.1, 0.15) is 42.3 Å². The fourth-order valence-electron chi connectivity index (χ4n) is 2.48. The van der Waals surface area contributed by atoms with Gasteiger partial charge < -0.3 is 5.32 Å². The van der Waals surface area contributed by atoms with Crippen LogP contribution >= 0.6 is 23.1 Å². The van der Waals surface area contributed by atoms with Crippen molar-refractivity contribution in [2.45, 2.75) is 37.1 Å². The summed E-state index contributed by atoms with van der Waals surface area (Å²) < 4.78 is 0.797. The van der Waals surface area contributed by atoms with E-state index in [1.54, 1.807) is 0 Å². The third-order valence-electron chi connectivity index (χ3n) is 4.09. The summed E-state index contributed by atoms with van der Waals surface area (Å²) in [5, 5.41) is 12.3. The van der Waals surface area contributed by atoms with E-state index in [2.05, 4.69) is 48.4 Å². The predicted octanol–water partition coefficient (Wildman–Crippen LogP) is 5.42. The molecule has 0 atom stereocenters. The number of aromatic nitrogens is 2. The van der Waals surface area contributed by atoms with Crippen molar-refractivity contribution in [3.8, 4) is 0 Å². The van der Waals surface area contributed by atoms with Crippen molar-refractivity contribution in [2.75, 3.05) is 11.1 Å². The molecule has 0 fully saturated rings. The number of carbonyl (C=O) groups is 1. The number of carbonyl (C=O) groups excluding carboxylic acids is 1. The Kier molecular flexibility index (Phi) is 6.29. The lowest BCUT2D eigenvalue weighted by molar-refractivity contribution is 0.102. The summed E-state index contributed by atoms with van der Waals surface area (Å²) in [7, 11) is 0. The highest BCUT2D eigenvalue weighted by molar-refractivity contribution is 8.01. The first-order chi connectivity index (χ1) is 12.9. The van der Waals surface area contributed by atoms with Crippen LogP contribution in [0.5, 0.6) is 0 Å². The molecular weight excluding hydrogens is 374 g/mol. The van der Waals surface area contributed by atoms with Gasteiger partial charge in [0.1, 0.15) is 0 Å². The van der Waals surface area contributed by atoms with Crippen molar-refractivity contribution in [3.63, 3.8) is 0 Å². The molecule has 2 aromatic carbocycles. The van der Waals surface area contributed by atoms with E-state index in [4.69, 9.17) is 0 Å². The Balaban J connectivity index is 1.51. The molecule has 0 aliphatic heterocycles. The topological polar surface area (TPSA) is 54.9 Å². The summed E-state index contributed by atoms with van der Waals surface area (Å²) in [4.78, 5) is 12.4. The van der Waals surface area contributed by atoms with Gasteiger partial charge in [-0.25, -0.2) is 0 Å². The molecule has 0 saturated carbocycles. The SMILES string of the molecule is CC(C)(C)c1ccc(C(=O)CSc2nnc(NCc3ccccc3)s2)cc1. The van der Waals surface area contributed by atoms with Crippen molar-refractivity contribution >= 4 is 34.0 Å². The van der Waals surface area contributed by atoms with E-state index in [0.29, 0.717) is 12.3 Å². The molecule has 0 saturated heterocycles. The number of nitrogens with zero attached hydrogens (tertiary/aromatic N) is 2. The van der Waals surface area contributed by atoms with Crippen molar-refractivity contribution in [1.29, 1.82) is 0 Å². The van der Waals surface area contributed by atoms with E-state index in [9.17, 15) is 4.79 Å². The molecule has 4 nitrogen and oxygen atoms in total. The molecular formula is C21H23N3OS2. The van der Waals surface area contributed by atoms with Crippen molar-refractivity contribution in [3.05, 3.63) is 71.3 Å². The van der Waals surface area contributed by atoms with Crippen LogP contribution in [0, 0.1) is 0 Å². The third-order valence-corrected chi connectivity index (χ3v) is 6.11. The van der Waals surface area contributed by atoms with Gasteiger partial charge in [0.15, 0.2) is 10.1 Å². The fraction of sp³-hybridized carbons (Fsp3) is 0.286. The van der Waals surface area contributed by atoms with Crippen LogP contribution in [0.3, 0.4) is 0 Å². The predicted molar refractivity (Wildman–Crippen MR) is 114 cm³/mol. The average Bonchev–Trinajstić information content (AvgIpc) is 3.12. The highest BCUT2D eigenvalue weighted by atomic mass is 32.2. The molecule has 0 radical (unpaired) electrons. The summed E-state index contributed by atoms with van der Waals surface area (Å²) in [5.41, 5.74) is 3.25. The Labute approximate surface area is 168 Å². The monoisotopic (exact) mass is 397 g/mol. The minimum atomic E-state index is 0.0893. The summed E-state index contributed by atoms with van der Waals surface area (Å²) >= 11 is 2.90. The maximum absolute atomic E-state index is 12.4. The van der Waals surface area contributed by atoms with Gasteiger partial charge in [-0.05, 0) is 16.5 Å². The molecule has 0 spiro atoms. The summed E-state index contributed by atoms with van der Waals surface area (Å²) in [5.74, 6) is 0.469. The number of nitrogens with one attached hydrogen (secondary N) is 1. The van der Waals surface area contributed by atoms with E-state index in [0.717, 1.165) is 15.0 Å². The molecule has 0 aliphatic carbocycles. The van der Waals surface area contributed by atoms with Gasteiger partial charge in [-0.2, -0.15) is 0 Å². The molecule has 27 heavy (non-hydrogen) atoms. The number of hydrogen-bond donors (Lipinski definition) is 1. The molecule has 6 heteroatoms. The van der Waals surface area contributed by atoms with Crippen molar-refractivity contribution < 1.29 is 4.79 Å². The Morgan fingerprint density at radius 3 is 2.41 bits per heavy atom. The van der Waals surface area contributed by atoms with E-state index in [1.165, 1.54) is 34.2 Å². The van der Waals surface area contributed by atoms with Gasteiger partial charge in [-0.15, -0.1) is 10.2 Å². The lowest BCUT2D eigenvalue weighted by atomic mass is 9.86. The standard InChI is InChI=1S/C21H23N3OS2/c1-21(2,3)17-11-9-16(10-12-17)18(25)14-26-20-24-23-19(27-20)22-13-15-7-5-4-6-8-15/h4-12H,13-14H2,1-3H3,(H,22,23). The van der Waals surface area contributed by atoms with E-state index in [-0.39, 0.29) is 11.2 Å². The van der Waals surface area contributed by atoms with Crippen LogP contribution in [0.4, 0.5) is 5.13 Å². The first-order valence-electron chi connectivity index (χ1n) is 8.80. The van der Waals surface area contributed by atoms with E-state index >= 15 is 0 Å². The van der Waals surface area contributed by atoms with E-state index in [1.807, 2.05) is 42.5 Å². The molecule has 1 heterocycles. The van der Waals surface area contributed by atoms with Gasteiger partial charge in [0.2, 0.25) is 5.13 Å². The van der Waals surface area contributed by atoms with Gasteiger partial charge in [0.25, 0.3) is 0 Å². The number of hydrogen-bond acceptors (Lipinski definition) is 6. The van der Waals surface area contributed by atoms with Gasteiger partial charge in [-0.1, -0.05) is 98.5 Å². The smallest absolute Gasteiger partial charge is 0.206 e. The van der Waals surface area contributed by atoms with Crippen molar-refractivity contribution in [1.82, 2.24) is 10.2 Å². The quantitative estimate of drug-likeness (QED) is 0.426. The number of ketones is 1. The first kappa shape index (κ1) is 19.6. The summed E-state index contributed by atoms with van der Waals surface area (Å²) in [6.45, 7) is 7.20. The molecule has 1 N–H and O–H groups in total. The van der Waals surface area contributed by atoms with Crippen LogP contribution in [-0.4, -0.2) is 21.7 Å². The number of anilines is 1. The molecule has 3 aromatic rings. The molecule has 0 aliphatic rings. The summed E-state index contributed by atoms with van der Waals surface area (Å²) in [6.07, 6.45) is 0. The maximum atomic E-state index is 12.4. The Morgan fingerprint density at radius 2 is 1.74 bits per heavy atom. The van der Waals surface area contributed by atoms with Gasteiger partial charge in [0.05, 0.1) is 5.75 Å². The second-order valence-electron chi connectivity index (χ2n) is 7.25. The lowest BCUT2D eigenvalue weighted by Crippen LogP contribution is -2.11. The first-order valence-corrected chi connectivity index (χ1v) is 10.6. The lowest BCUT2D eigenvalue weighted by Gasteiger charge is -2.18. The maximum Gasteiger partial charge on any atom is 0.206 e. The molecule has 3 rings (SSSR count). The zero-order chi connectivity index (χ0) is 19.3. The number of thioether (sulfide) groups is 1. The second kappa shape index (κ2) is 8.67. The zero-order valence-electron chi connectivity index (χ0n) is 15.7. The third kappa shape index (κ3) is 5.65. The molecule has 0 amide bonds. The zero-order valence-corrected chi connectivity index (χ0v) is 17.4. The normalized spacial score (nSPS) is 11.4. The number of rotatable bonds is 7. The van der Waals surface area contributed by atoms with Crippen molar-refractivity contribution in [2.24, 2.45) is 0 Å². The fourth-order valence-corrected chi connectivity index (χ4v) is 4.12. The minimum Gasteiger partial charge on any atom is -0.356 e. The number of benzene rings is 2. The highest BCUT2D eigenvalue weighted by Crippen LogP contribution is 2.27. The highest BCUT2D eigenvalue weighted by Gasteiger charge is 2.15.